The van der Waals surface area contributed by atoms with Crippen molar-refractivity contribution in [2.45, 2.75) is 19.1 Å². The summed E-state index contributed by atoms with van der Waals surface area (Å²) >= 11 is 13.0. The largest absolute Gasteiger partial charge is 0.489 e. The number of rotatable bonds is 7. The number of hydrogen-bond donors (Lipinski definition) is 1. The van der Waals surface area contributed by atoms with E-state index in [2.05, 4.69) is 10.1 Å². The number of esters is 1. The third kappa shape index (κ3) is 6.05. The summed E-state index contributed by atoms with van der Waals surface area (Å²) in [7, 11) is 0. The molecule has 3 aliphatic heterocycles. The molecule has 3 aliphatic rings. The number of halogens is 3. The van der Waals surface area contributed by atoms with Crippen LogP contribution in [0.15, 0.2) is 42.5 Å². The predicted octanol–water partition coefficient (Wildman–Crippen LogP) is 4.68. The highest BCUT2D eigenvalue weighted by molar-refractivity contribution is 6.39. The maximum atomic E-state index is 15.6. The van der Waals surface area contributed by atoms with Crippen molar-refractivity contribution in [1.82, 2.24) is 10.2 Å². The Hall–Kier alpha value is -3.90. The van der Waals surface area contributed by atoms with Gasteiger partial charge in [0.2, 0.25) is 0 Å². The summed E-state index contributed by atoms with van der Waals surface area (Å²) in [6.07, 6.45) is 0.860. The van der Waals surface area contributed by atoms with E-state index in [9.17, 15) is 14.4 Å². The molecule has 0 bridgehead atoms. The van der Waals surface area contributed by atoms with Crippen LogP contribution >= 0.6 is 23.2 Å². The zero-order valence-corrected chi connectivity index (χ0v) is 25.0. The Morgan fingerprint density at radius 1 is 1.07 bits per heavy atom. The van der Waals surface area contributed by atoms with Gasteiger partial charge in [-0.15, -0.1) is 0 Å². The number of anilines is 1. The number of hydrogen-bond acceptors (Lipinski definition) is 9. The van der Waals surface area contributed by atoms with Gasteiger partial charge >= 0.3 is 12.4 Å². The fourth-order valence-corrected chi connectivity index (χ4v) is 6.25. The van der Waals surface area contributed by atoms with Crippen LogP contribution in [0.5, 0.6) is 11.5 Å². The van der Waals surface area contributed by atoms with Gasteiger partial charge in [0.1, 0.15) is 23.4 Å². The first kappa shape index (κ1) is 30.1. The topological polar surface area (TPSA) is 107 Å². The number of benzene rings is 3. The van der Waals surface area contributed by atoms with Crippen LogP contribution in [0.3, 0.4) is 0 Å². The third-order valence-electron chi connectivity index (χ3n) is 7.76. The molecular weight excluding hydrogens is 616 g/mol. The highest BCUT2D eigenvalue weighted by Crippen LogP contribution is 2.41. The van der Waals surface area contributed by atoms with Gasteiger partial charge in [0.15, 0.2) is 6.73 Å². The summed E-state index contributed by atoms with van der Waals surface area (Å²) in [6, 6.07) is 11.0. The molecular formula is C31H28Cl2FN3O7. The van der Waals surface area contributed by atoms with Gasteiger partial charge in [0, 0.05) is 36.3 Å². The van der Waals surface area contributed by atoms with Crippen LogP contribution in [0.1, 0.15) is 32.7 Å². The van der Waals surface area contributed by atoms with Crippen LogP contribution in [0.25, 0.3) is 11.1 Å². The molecule has 1 atom stereocenters. The van der Waals surface area contributed by atoms with Crippen LogP contribution in [0, 0.1) is 5.82 Å². The third-order valence-corrected chi connectivity index (χ3v) is 8.36. The summed E-state index contributed by atoms with van der Waals surface area (Å²) < 4.78 is 37.6. The quantitative estimate of drug-likeness (QED) is 0.223. The molecule has 0 saturated carbocycles. The number of amides is 1. The zero-order chi connectivity index (χ0) is 30.8. The Morgan fingerprint density at radius 2 is 1.84 bits per heavy atom. The molecule has 10 nitrogen and oxygen atoms in total. The molecule has 230 valence electrons. The average Bonchev–Trinajstić information content (AvgIpc) is 3.53. The van der Waals surface area contributed by atoms with Crippen molar-refractivity contribution in [2.75, 3.05) is 51.0 Å². The molecule has 3 aromatic carbocycles. The van der Waals surface area contributed by atoms with Crippen molar-refractivity contribution >= 4 is 47.2 Å². The Bertz CT molecular complexity index is 1590. The lowest BCUT2D eigenvalue weighted by Gasteiger charge is -2.32. The number of para-hydroxylation sites is 1. The standard InChI is InChI=1S/C31H28Cl2FN3O7/c32-24-10-20(44-19-4-5-35-14-19)11-25(33)28(24)30(39)37-15-18-2-1-3-21(29(18)42-16-37)22-13-27(36-6-8-41-9-7-36)23(12-26(22)34)31(40)43-17-38/h1-3,10-13,17,19,35H,4-9,14-16H2/t19-/m0/s1. The van der Waals surface area contributed by atoms with Crippen molar-refractivity contribution in [2.24, 2.45) is 0 Å². The van der Waals surface area contributed by atoms with E-state index in [0.717, 1.165) is 25.6 Å². The van der Waals surface area contributed by atoms with Crippen molar-refractivity contribution in [3.63, 3.8) is 0 Å². The Balaban J connectivity index is 1.28. The molecule has 2 fully saturated rings. The van der Waals surface area contributed by atoms with Gasteiger partial charge in [-0.05, 0) is 37.2 Å². The minimum atomic E-state index is -0.958. The zero-order valence-electron chi connectivity index (χ0n) is 23.4. The number of fused-ring (bicyclic) bond motifs is 1. The maximum Gasteiger partial charge on any atom is 0.347 e. The lowest BCUT2D eigenvalue weighted by molar-refractivity contribution is -0.123. The number of ether oxygens (including phenoxy) is 4. The molecule has 3 aromatic rings. The van der Waals surface area contributed by atoms with Crippen molar-refractivity contribution < 1.29 is 37.7 Å². The maximum absolute atomic E-state index is 15.6. The first-order valence-electron chi connectivity index (χ1n) is 14.1. The fraction of sp³-hybridized carbons (Fsp3) is 0.323. The van der Waals surface area contributed by atoms with E-state index in [-0.39, 0.29) is 52.6 Å². The SMILES string of the molecule is O=COC(=O)c1cc(F)c(-c2cccc3c2OCN(C(=O)c2c(Cl)cc(O[C@H]4CCNC4)cc2Cl)C3)cc1N1CCOCC1. The Kier molecular flexibility index (Phi) is 8.90. The molecule has 0 unspecified atom stereocenters. The van der Waals surface area contributed by atoms with E-state index in [1.54, 1.807) is 36.4 Å². The molecule has 13 heteroatoms. The summed E-state index contributed by atoms with van der Waals surface area (Å²) in [6.45, 7) is 3.39. The Labute approximate surface area is 262 Å². The van der Waals surface area contributed by atoms with Crippen molar-refractivity contribution in [3.05, 3.63) is 75.0 Å². The second-order valence-corrected chi connectivity index (χ2v) is 11.3. The van der Waals surface area contributed by atoms with Gasteiger partial charge in [-0.2, -0.15) is 0 Å². The number of carbonyl (C=O) groups is 3. The summed E-state index contributed by atoms with van der Waals surface area (Å²) in [5, 5.41) is 3.55. The molecule has 1 N–H and O–H groups in total. The van der Waals surface area contributed by atoms with Gasteiger partial charge in [0.25, 0.3) is 5.91 Å². The minimum absolute atomic E-state index is 0.000955. The smallest absolute Gasteiger partial charge is 0.347 e. The van der Waals surface area contributed by atoms with Crippen molar-refractivity contribution in [1.29, 1.82) is 0 Å². The molecule has 0 aromatic heterocycles. The summed E-state index contributed by atoms with van der Waals surface area (Å²) in [5.74, 6) is -1.20. The summed E-state index contributed by atoms with van der Waals surface area (Å²) in [4.78, 5) is 40.3. The van der Waals surface area contributed by atoms with Crippen LogP contribution in [0.4, 0.5) is 10.1 Å². The van der Waals surface area contributed by atoms with E-state index >= 15 is 4.39 Å². The van der Waals surface area contributed by atoms with E-state index in [1.807, 2.05) is 4.90 Å². The van der Waals surface area contributed by atoms with Gasteiger partial charge in [-0.25, -0.2) is 9.18 Å². The lowest BCUT2D eigenvalue weighted by atomic mass is 9.97. The van der Waals surface area contributed by atoms with E-state index in [4.69, 9.17) is 37.4 Å². The van der Waals surface area contributed by atoms with E-state index in [1.165, 1.54) is 4.90 Å². The fourth-order valence-electron chi connectivity index (χ4n) is 5.62. The van der Waals surface area contributed by atoms with Gasteiger partial charge < -0.3 is 34.1 Å². The first-order chi connectivity index (χ1) is 21.3. The van der Waals surface area contributed by atoms with Gasteiger partial charge in [-0.3, -0.25) is 9.59 Å². The molecule has 44 heavy (non-hydrogen) atoms. The van der Waals surface area contributed by atoms with Crippen molar-refractivity contribution in [3.8, 4) is 22.6 Å². The number of carbonyl (C=O) groups excluding carboxylic acids is 3. The molecule has 2 saturated heterocycles. The molecule has 6 rings (SSSR count). The minimum Gasteiger partial charge on any atom is -0.489 e. The number of nitrogens with one attached hydrogen (secondary N) is 1. The molecule has 1 amide bonds. The van der Waals surface area contributed by atoms with Crippen LogP contribution < -0.4 is 19.7 Å². The van der Waals surface area contributed by atoms with Gasteiger partial charge in [-0.1, -0.05) is 41.4 Å². The van der Waals surface area contributed by atoms with E-state index < -0.39 is 17.7 Å². The lowest BCUT2D eigenvalue weighted by Crippen LogP contribution is -2.37. The number of nitrogens with zero attached hydrogens (tertiary/aromatic N) is 2. The molecule has 0 radical (unpaired) electrons. The molecule has 3 heterocycles. The second kappa shape index (κ2) is 13.0. The van der Waals surface area contributed by atoms with Crippen LogP contribution in [0.2, 0.25) is 10.0 Å². The normalized spacial score (nSPS) is 17.9. The van der Waals surface area contributed by atoms with Gasteiger partial charge in [0.05, 0.1) is 46.6 Å². The second-order valence-electron chi connectivity index (χ2n) is 10.5. The molecule has 0 aliphatic carbocycles. The highest BCUT2D eigenvalue weighted by atomic mass is 35.5. The average molecular weight is 644 g/mol. The van der Waals surface area contributed by atoms with E-state index in [0.29, 0.717) is 54.6 Å². The predicted molar refractivity (Wildman–Crippen MR) is 160 cm³/mol. The number of morpholine rings is 1. The monoisotopic (exact) mass is 643 g/mol. The highest BCUT2D eigenvalue weighted by Gasteiger charge is 2.30. The molecule has 0 spiro atoms. The van der Waals surface area contributed by atoms with Crippen LogP contribution in [-0.2, 0) is 20.8 Å². The van der Waals surface area contributed by atoms with Crippen LogP contribution in [-0.4, -0.2) is 75.5 Å². The first-order valence-corrected chi connectivity index (χ1v) is 14.8. The Morgan fingerprint density at radius 3 is 2.55 bits per heavy atom. The summed E-state index contributed by atoms with van der Waals surface area (Å²) in [5.41, 5.74) is 1.73.